The van der Waals surface area contributed by atoms with Crippen LogP contribution < -0.4 is 15.6 Å². The lowest BCUT2D eigenvalue weighted by atomic mass is 10.1. The van der Waals surface area contributed by atoms with E-state index < -0.39 is 0 Å². The molecule has 4 rings (SSSR count). The maximum absolute atomic E-state index is 13.7. The SMILES string of the molecule is COc1ccccc1CN1CCc2nc(SCC(=O)Nc3ccc(C)c(F)c3)[nH]c(=O)c2C1. The van der Waals surface area contributed by atoms with Crippen LogP contribution in [0, 0.1) is 12.7 Å². The van der Waals surface area contributed by atoms with E-state index in [9.17, 15) is 14.0 Å². The maximum atomic E-state index is 13.7. The summed E-state index contributed by atoms with van der Waals surface area (Å²) in [6.07, 6.45) is 0.650. The van der Waals surface area contributed by atoms with Crippen LogP contribution in [0.3, 0.4) is 0 Å². The highest BCUT2D eigenvalue weighted by Crippen LogP contribution is 2.23. The lowest BCUT2D eigenvalue weighted by molar-refractivity contribution is -0.113. The molecular formula is C24H25FN4O3S. The van der Waals surface area contributed by atoms with Gasteiger partial charge in [0.1, 0.15) is 11.6 Å². The summed E-state index contributed by atoms with van der Waals surface area (Å²) < 4.78 is 19.1. The standard InChI is InChI=1S/C24H25FN4O3S/c1-15-7-8-17(11-19(15)25)26-22(30)14-33-24-27-20-9-10-29(13-18(20)23(31)28-24)12-16-5-3-4-6-21(16)32-2/h3-8,11H,9-10,12-14H2,1-2H3,(H,26,30)(H,27,28,31). The number of carbonyl (C=O) groups is 1. The second-order valence-corrected chi connectivity index (χ2v) is 8.83. The summed E-state index contributed by atoms with van der Waals surface area (Å²) in [5, 5.41) is 3.06. The molecule has 2 heterocycles. The Kier molecular flexibility index (Phi) is 7.10. The number of ether oxygens (including phenoxy) is 1. The van der Waals surface area contributed by atoms with Crippen molar-refractivity contribution in [3.8, 4) is 5.75 Å². The fourth-order valence-electron chi connectivity index (χ4n) is 3.74. The summed E-state index contributed by atoms with van der Waals surface area (Å²) in [7, 11) is 1.65. The van der Waals surface area contributed by atoms with Crippen LogP contribution in [0.15, 0.2) is 52.4 Å². The highest BCUT2D eigenvalue weighted by Gasteiger charge is 2.22. The number of thioether (sulfide) groups is 1. The van der Waals surface area contributed by atoms with E-state index in [1.54, 1.807) is 26.2 Å². The fourth-order valence-corrected chi connectivity index (χ4v) is 4.42. The maximum Gasteiger partial charge on any atom is 0.256 e. The molecule has 0 spiro atoms. The summed E-state index contributed by atoms with van der Waals surface area (Å²) in [5.74, 6) is 0.207. The molecule has 0 saturated heterocycles. The number of halogens is 1. The molecule has 2 N–H and O–H groups in total. The molecule has 0 atom stereocenters. The average molecular weight is 469 g/mol. The van der Waals surface area contributed by atoms with E-state index in [0.717, 1.165) is 35.3 Å². The Labute approximate surface area is 195 Å². The van der Waals surface area contributed by atoms with Gasteiger partial charge < -0.3 is 15.0 Å². The molecule has 1 aliphatic rings. The fraction of sp³-hybridized carbons (Fsp3) is 0.292. The molecule has 3 aromatic rings. The number of fused-ring (bicyclic) bond motifs is 1. The minimum Gasteiger partial charge on any atom is -0.496 e. The molecule has 0 unspecified atom stereocenters. The number of aromatic amines is 1. The van der Waals surface area contributed by atoms with Crippen molar-refractivity contribution in [2.45, 2.75) is 31.6 Å². The van der Waals surface area contributed by atoms with Crippen molar-refractivity contribution in [1.82, 2.24) is 14.9 Å². The second kappa shape index (κ2) is 10.2. The summed E-state index contributed by atoms with van der Waals surface area (Å²) in [5.41, 5.74) is 3.21. The van der Waals surface area contributed by atoms with Gasteiger partial charge in [-0.15, -0.1) is 0 Å². The van der Waals surface area contributed by atoms with Gasteiger partial charge in [-0.2, -0.15) is 0 Å². The highest BCUT2D eigenvalue weighted by atomic mass is 32.2. The number of para-hydroxylation sites is 1. The smallest absolute Gasteiger partial charge is 0.256 e. The molecule has 33 heavy (non-hydrogen) atoms. The molecule has 0 saturated carbocycles. The van der Waals surface area contributed by atoms with Crippen molar-refractivity contribution < 1.29 is 13.9 Å². The van der Waals surface area contributed by atoms with Crippen molar-refractivity contribution in [2.24, 2.45) is 0 Å². The third kappa shape index (κ3) is 5.61. The predicted molar refractivity (Wildman–Crippen MR) is 126 cm³/mol. The van der Waals surface area contributed by atoms with Gasteiger partial charge in [0.2, 0.25) is 5.91 Å². The monoisotopic (exact) mass is 468 g/mol. The third-order valence-corrected chi connectivity index (χ3v) is 6.38. The Bertz CT molecular complexity index is 1230. The van der Waals surface area contributed by atoms with Crippen LogP contribution in [-0.2, 0) is 24.3 Å². The zero-order valence-electron chi connectivity index (χ0n) is 18.5. The number of nitrogens with zero attached hydrogens (tertiary/aromatic N) is 2. The van der Waals surface area contributed by atoms with Gasteiger partial charge in [0.05, 0.1) is 24.1 Å². The first-order chi connectivity index (χ1) is 15.9. The van der Waals surface area contributed by atoms with E-state index >= 15 is 0 Å². The number of H-pyrrole nitrogens is 1. The molecule has 1 amide bonds. The van der Waals surface area contributed by atoms with E-state index in [-0.39, 0.29) is 23.0 Å². The lowest BCUT2D eigenvalue weighted by Crippen LogP contribution is -2.35. The number of aryl methyl sites for hydroxylation is 1. The van der Waals surface area contributed by atoms with Crippen molar-refractivity contribution in [3.05, 3.63) is 81.0 Å². The van der Waals surface area contributed by atoms with E-state index in [1.165, 1.54) is 6.07 Å². The van der Waals surface area contributed by atoms with Crippen LogP contribution in [0.4, 0.5) is 10.1 Å². The van der Waals surface area contributed by atoms with Crippen LogP contribution in [0.5, 0.6) is 5.75 Å². The minimum atomic E-state index is -0.374. The number of methoxy groups -OCH3 is 1. The number of anilines is 1. The number of hydrogen-bond acceptors (Lipinski definition) is 6. The molecule has 0 aliphatic carbocycles. The zero-order valence-corrected chi connectivity index (χ0v) is 19.3. The summed E-state index contributed by atoms with van der Waals surface area (Å²) >= 11 is 1.15. The van der Waals surface area contributed by atoms with Gasteiger partial charge >= 0.3 is 0 Å². The Morgan fingerprint density at radius 1 is 1.30 bits per heavy atom. The van der Waals surface area contributed by atoms with Crippen molar-refractivity contribution in [2.75, 3.05) is 24.7 Å². The van der Waals surface area contributed by atoms with E-state index in [0.29, 0.717) is 41.5 Å². The van der Waals surface area contributed by atoms with Crippen molar-refractivity contribution >= 4 is 23.4 Å². The molecule has 1 aromatic heterocycles. The molecule has 0 fully saturated rings. The largest absolute Gasteiger partial charge is 0.496 e. The lowest BCUT2D eigenvalue weighted by Gasteiger charge is -2.28. The third-order valence-electron chi connectivity index (χ3n) is 5.51. The first-order valence-electron chi connectivity index (χ1n) is 10.6. The normalized spacial score (nSPS) is 13.4. The van der Waals surface area contributed by atoms with Gasteiger partial charge in [-0.25, -0.2) is 9.37 Å². The van der Waals surface area contributed by atoms with Crippen LogP contribution in [0.25, 0.3) is 0 Å². The number of nitrogens with one attached hydrogen (secondary N) is 2. The quantitative estimate of drug-likeness (QED) is 0.408. The average Bonchev–Trinajstić information content (AvgIpc) is 2.81. The number of aromatic nitrogens is 2. The predicted octanol–water partition coefficient (Wildman–Crippen LogP) is 3.52. The van der Waals surface area contributed by atoms with Crippen LogP contribution in [-0.4, -0.2) is 40.2 Å². The van der Waals surface area contributed by atoms with Gasteiger partial charge in [0.25, 0.3) is 5.56 Å². The Balaban J connectivity index is 1.38. The molecule has 9 heteroatoms. The molecule has 1 aliphatic heterocycles. The van der Waals surface area contributed by atoms with Gasteiger partial charge in [0.15, 0.2) is 5.16 Å². The van der Waals surface area contributed by atoms with Crippen LogP contribution in [0.2, 0.25) is 0 Å². The molecule has 2 aromatic carbocycles. The summed E-state index contributed by atoms with van der Waals surface area (Å²) in [6.45, 7) is 3.61. The van der Waals surface area contributed by atoms with Crippen molar-refractivity contribution in [3.63, 3.8) is 0 Å². The molecule has 172 valence electrons. The zero-order chi connectivity index (χ0) is 23.4. The number of benzene rings is 2. The van der Waals surface area contributed by atoms with Gasteiger partial charge in [-0.3, -0.25) is 14.5 Å². The van der Waals surface area contributed by atoms with Crippen LogP contribution >= 0.6 is 11.8 Å². The van der Waals surface area contributed by atoms with Gasteiger partial charge in [-0.05, 0) is 30.7 Å². The van der Waals surface area contributed by atoms with E-state index in [4.69, 9.17) is 4.74 Å². The Morgan fingerprint density at radius 3 is 2.91 bits per heavy atom. The first-order valence-corrected chi connectivity index (χ1v) is 11.6. The highest BCUT2D eigenvalue weighted by molar-refractivity contribution is 7.99. The number of rotatable bonds is 7. The number of carbonyl (C=O) groups excluding carboxylic acids is 1. The number of hydrogen-bond donors (Lipinski definition) is 2. The summed E-state index contributed by atoms with van der Waals surface area (Å²) in [4.78, 5) is 34.5. The molecule has 7 nitrogen and oxygen atoms in total. The molecule has 0 bridgehead atoms. The Morgan fingerprint density at radius 2 is 2.12 bits per heavy atom. The van der Waals surface area contributed by atoms with Crippen LogP contribution in [0.1, 0.15) is 22.4 Å². The van der Waals surface area contributed by atoms with E-state index in [2.05, 4.69) is 20.2 Å². The van der Waals surface area contributed by atoms with Gasteiger partial charge in [-0.1, -0.05) is 36.0 Å². The molecular weight excluding hydrogens is 443 g/mol. The Hall–Kier alpha value is -3.17. The molecule has 0 radical (unpaired) electrons. The first kappa shape index (κ1) is 23.0. The summed E-state index contributed by atoms with van der Waals surface area (Å²) in [6, 6.07) is 12.4. The second-order valence-electron chi connectivity index (χ2n) is 7.87. The van der Waals surface area contributed by atoms with Gasteiger partial charge in [0, 0.05) is 37.3 Å². The number of amides is 1. The minimum absolute atomic E-state index is 0.0527. The topological polar surface area (TPSA) is 87.3 Å². The van der Waals surface area contributed by atoms with Crippen molar-refractivity contribution in [1.29, 1.82) is 0 Å². The van der Waals surface area contributed by atoms with E-state index in [1.807, 2.05) is 24.3 Å².